The Hall–Kier alpha value is -3.94. The van der Waals surface area contributed by atoms with Crippen molar-refractivity contribution in [3.8, 4) is 17.2 Å². The molecule has 0 saturated carbocycles. The fourth-order valence-electron chi connectivity index (χ4n) is 2.77. The van der Waals surface area contributed by atoms with Crippen LogP contribution in [-0.4, -0.2) is 15.1 Å². The van der Waals surface area contributed by atoms with Crippen molar-refractivity contribution in [2.45, 2.75) is 13.0 Å². The smallest absolute Gasteiger partial charge is 0.213 e. The first-order chi connectivity index (χ1) is 14.1. The van der Waals surface area contributed by atoms with E-state index in [0.29, 0.717) is 36.0 Å². The Bertz CT molecular complexity index is 1110. The standard InChI is InChI=1S/C21H18FN5O2/c22-15-4-1-13(2-5-15)12-28-20-8-3-14(11-25-20)9-16-10-18(29-27-16)17-6-7-19(23)26-21(17)24/h1-8,10-11H,9,12H2,(H4,23,24,26). The van der Waals surface area contributed by atoms with Crippen LogP contribution in [0.2, 0.25) is 0 Å². The summed E-state index contributed by atoms with van der Waals surface area (Å²) in [5, 5.41) is 4.08. The number of pyridine rings is 2. The van der Waals surface area contributed by atoms with E-state index in [2.05, 4.69) is 15.1 Å². The molecule has 1 aromatic carbocycles. The molecule has 0 amide bonds. The SMILES string of the molecule is Nc1ccc(-c2cc(Cc3ccc(OCc4ccc(F)cc4)nc3)no2)c(N)n1. The van der Waals surface area contributed by atoms with E-state index in [0.717, 1.165) is 16.8 Å². The molecule has 0 aliphatic carbocycles. The van der Waals surface area contributed by atoms with E-state index >= 15 is 0 Å². The highest BCUT2D eigenvalue weighted by Gasteiger charge is 2.12. The number of benzene rings is 1. The average Bonchev–Trinajstić information content (AvgIpc) is 3.17. The molecule has 7 nitrogen and oxygen atoms in total. The number of rotatable bonds is 6. The largest absolute Gasteiger partial charge is 0.473 e. The summed E-state index contributed by atoms with van der Waals surface area (Å²) in [7, 11) is 0. The third-order valence-electron chi connectivity index (χ3n) is 4.25. The maximum absolute atomic E-state index is 12.9. The molecule has 0 fully saturated rings. The summed E-state index contributed by atoms with van der Waals surface area (Å²) in [5.74, 6) is 1.37. The molecular weight excluding hydrogens is 373 g/mol. The van der Waals surface area contributed by atoms with Gasteiger partial charge in [0.25, 0.3) is 0 Å². The van der Waals surface area contributed by atoms with Crippen LogP contribution in [0, 0.1) is 5.82 Å². The molecule has 8 heteroatoms. The lowest BCUT2D eigenvalue weighted by molar-refractivity contribution is 0.293. The summed E-state index contributed by atoms with van der Waals surface area (Å²) in [6.45, 7) is 0.316. The zero-order valence-corrected chi connectivity index (χ0v) is 15.4. The normalized spacial score (nSPS) is 10.8. The molecule has 146 valence electrons. The van der Waals surface area contributed by atoms with Gasteiger partial charge in [-0.15, -0.1) is 0 Å². The zero-order chi connectivity index (χ0) is 20.2. The number of nitrogens with two attached hydrogens (primary N) is 2. The van der Waals surface area contributed by atoms with Gasteiger partial charge in [0, 0.05) is 24.8 Å². The highest BCUT2D eigenvalue weighted by atomic mass is 19.1. The Balaban J connectivity index is 1.39. The fourth-order valence-corrected chi connectivity index (χ4v) is 2.77. The Kier molecular flexibility index (Phi) is 5.07. The van der Waals surface area contributed by atoms with E-state index in [4.69, 9.17) is 20.7 Å². The van der Waals surface area contributed by atoms with Crippen LogP contribution in [0.3, 0.4) is 0 Å². The lowest BCUT2D eigenvalue weighted by Crippen LogP contribution is -1.98. The average molecular weight is 391 g/mol. The number of aromatic nitrogens is 3. The van der Waals surface area contributed by atoms with Crippen molar-refractivity contribution in [1.29, 1.82) is 0 Å². The van der Waals surface area contributed by atoms with Crippen molar-refractivity contribution in [3.05, 3.63) is 83.4 Å². The van der Waals surface area contributed by atoms with Crippen molar-refractivity contribution in [3.63, 3.8) is 0 Å². The number of halogens is 1. The fraction of sp³-hybridized carbons (Fsp3) is 0.0952. The molecule has 0 saturated heterocycles. The monoisotopic (exact) mass is 391 g/mol. The van der Waals surface area contributed by atoms with Gasteiger partial charge in [-0.2, -0.15) is 0 Å². The van der Waals surface area contributed by atoms with Gasteiger partial charge in [-0.3, -0.25) is 0 Å². The molecule has 29 heavy (non-hydrogen) atoms. The van der Waals surface area contributed by atoms with Crippen molar-refractivity contribution in [1.82, 2.24) is 15.1 Å². The Morgan fingerprint density at radius 2 is 1.76 bits per heavy atom. The molecule has 0 spiro atoms. The molecule has 4 aromatic rings. The van der Waals surface area contributed by atoms with Gasteiger partial charge in [0.15, 0.2) is 5.76 Å². The van der Waals surface area contributed by atoms with Crippen molar-refractivity contribution in [2.75, 3.05) is 11.5 Å². The molecule has 4 rings (SSSR count). The molecule has 0 aliphatic rings. The van der Waals surface area contributed by atoms with Gasteiger partial charge in [0.1, 0.15) is 24.1 Å². The Morgan fingerprint density at radius 3 is 2.48 bits per heavy atom. The highest BCUT2D eigenvalue weighted by Crippen LogP contribution is 2.26. The minimum absolute atomic E-state index is 0.275. The molecule has 0 bridgehead atoms. The summed E-state index contributed by atoms with van der Waals surface area (Å²) in [6, 6.07) is 15.0. The minimum Gasteiger partial charge on any atom is -0.473 e. The quantitative estimate of drug-likeness (QED) is 0.516. The van der Waals surface area contributed by atoms with Gasteiger partial charge in [-0.25, -0.2) is 14.4 Å². The molecule has 3 aromatic heterocycles. The first-order valence-corrected chi connectivity index (χ1v) is 8.87. The van der Waals surface area contributed by atoms with Crippen LogP contribution in [0.15, 0.2) is 65.3 Å². The zero-order valence-electron chi connectivity index (χ0n) is 15.4. The summed E-state index contributed by atoms with van der Waals surface area (Å²) in [6.07, 6.45) is 2.25. The number of hydrogen-bond donors (Lipinski definition) is 2. The van der Waals surface area contributed by atoms with E-state index in [1.807, 2.05) is 12.1 Å². The molecule has 3 heterocycles. The summed E-state index contributed by atoms with van der Waals surface area (Å²) in [4.78, 5) is 8.32. The van der Waals surface area contributed by atoms with E-state index in [1.165, 1.54) is 12.1 Å². The summed E-state index contributed by atoms with van der Waals surface area (Å²) in [5.41, 5.74) is 14.7. The topological polar surface area (TPSA) is 113 Å². The van der Waals surface area contributed by atoms with E-state index in [-0.39, 0.29) is 11.6 Å². The van der Waals surface area contributed by atoms with Crippen molar-refractivity contribution in [2.24, 2.45) is 0 Å². The van der Waals surface area contributed by atoms with Crippen molar-refractivity contribution >= 4 is 11.6 Å². The van der Waals surface area contributed by atoms with E-state index in [1.54, 1.807) is 36.5 Å². The summed E-state index contributed by atoms with van der Waals surface area (Å²) >= 11 is 0. The van der Waals surface area contributed by atoms with Crippen LogP contribution in [-0.2, 0) is 13.0 Å². The molecule has 0 atom stereocenters. The second kappa shape index (κ2) is 7.97. The first-order valence-electron chi connectivity index (χ1n) is 8.87. The van der Waals surface area contributed by atoms with Crippen molar-refractivity contribution < 1.29 is 13.7 Å². The van der Waals surface area contributed by atoms with Crippen LogP contribution in [0.5, 0.6) is 5.88 Å². The predicted molar refractivity (Wildman–Crippen MR) is 106 cm³/mol. The van der Waals surface area contributed by atoms with Gasteiger partial charge >= 0.3 is 0 Å². The van der Waals surface area contributed by atoms with Gasteiger partial charge in [0.2, 0.25) is 5.88 Å². The van der Waals surface area contributed by atoms with Gasteiger partial charge < -0.3 is 20.7 Å². The number of hydrogen-bond acceptors (Lipinski definition) is 7. The second-order valence-electron chi connectivity index (χ2n) is 6.45. The van der Waals surface area contributed by atoms with Gasteiger partial charge in [-0.05, 0) is 35.4 Å². The number of nitrogen functional groups attached to an aromatic ring is 2. The maximum atomic E-state index is 12.9. The van der Waals surface area contributed by atoms with Gasteiger partial charge in [0.05, 0.1) is 11.3 Å². The maximum Gasteiger partial charge on any atom is 0.213 e. The third-order valence-corrected chi connectivity index (χ3v) is 4.25. The number of nitrogens with zero attached hydrogens (tertiary/aromatic N) is 3. The molecule has 4 N–H and O–H groups in total. The molecular formula is C21H18FN5O2. The van der Waals surface area contributed by atoms with Crippen LogP contribution in [0.4, 0.5) is 16.0 Å². The second-order valence-corrected chi connectivity index (χ2v) is 6.45. The van der Waals surface area contributed by atoms with Crippen LogP contribution >= 0.6 is 0 Å². The third kappa shape index (κ3) is 4.49. The predicted octanol–water partition coefficient (Wildman–Crippen LogP) is 3.60. The lowest BCUT2D eigenvalue weighted by atomic mass is 10.1. The van der Waals surface area contributed by atoms with E-state index < -0.39 is 0 Å². The highest BCUT2D eigenvalue weighted by molar-refractivity contribution is 5.71. The first kappa shape index (κ1) is 18.4. The van der Waals surface area contributed by atoms with E-state index in [9.17, 15) is 4.39 Å². The number of ether oxygens (including phenoxy) is 1. The lowest BCUT2D eigenvalue weighted by Gasteiger charge is -2.06. The van der Waals surface area contributed by atoms with Crippen LogP contribution in [0.25, 0.3) is 11.3 Å². The van der Waals surface area contributed by atoms with Crippen LogP contribution in [0.1, 0.15) is 16.8 Å². The Morgan fingerprint density at radius 1 is 0.966 bits per heavy atom. The summed E-state index contributed by atoms with van der Waals surface area (Å²) < 4.78 is 23.9. The molecule has 0 unspecified atom stereocenters. The van der Waals surface area contributed by atoms with Crippen LogP contribution < -0.4 is 16.2 Å². The Labute approximate surface area is 166 Å². The number of anilines is 2. The minimum atomic E-state index is -0.275. The molecule has 0 aliphatic heterocycles. The van der Waals surface area contributed by atoms with Gasteiger partial charge in [-0.1, -0.05) is 23.4 Å². The molecule has 0 radical (unpaired) electrons.